The highest BCUT2D eigenvalue weighted by molar-refractivity contribution is 7.06. The van der Waals surface area contributed by atoms with Crippen LogP contribution in [0.5, 0.6) is 0 Å². The van der Waals surface area contributed by atoms with E-state index in [-0.39, 0.29) is 4.74 Å². The van der Waals surface area contributed by atoms with Gasteiger partial charge in [0, 0.05) is 5.02 Å². The van der Waals surface area contributed by atoms with Gasteiger partial charge in [-0.3, -0.25) is 8.75 Å². The SMILES string of the molecule is Cc1ccc2c(c1)c(=O)sn2C=Nc1ccc(Cl)cc1. The predicted octanol–water partition coefficient (Wildman–Crippen LogP) is 4.23. The molecule has 0 atom stereocenters. The molecule has 0 fully saturated rings. The van der Waals surface area contributed by atoms with Crippen LogP contribution in [-0.2, 0) is 0 Å². The summed E-state index contributed by atoms with van der Waals surface area (Å²) >= 11 is 6.97. The molecule has 100 valence electrons. The van der Waals surface area contributed by atoms with Gasteiger partial charge in [-0.2, -0.15) is 0 Å². The van der Waals surface area contributed by atoms with Crippen LogP contribution in [0, 0.1) is 6.92 Å². The summed E-state index contributed by atoms with van der Waals surface area (Å²) in [5.41, 5.74) is 2.75. The topological polar surface area (TPSA) is 34.4 Å². The molecule has 0 aliphatic carbocycles. The lowest BCUT2D eigenvalue weighted by atomic mass is 10.2. The predicted molar refractivity (Wildman–Crippen MR) is 85.8 cm³/mol. The van der Waals surface area contributed by atoms with Gasteiger partial charge in [0.15, 0.2) is 0 Å². The maximum atomic E-state index is 11.9. The third kappa shape index (κ3) is 2.53. The van der Waals surface area contributed by atoms with E-state index in [4.69, 9.17) is 11.6 Å². The molecule has 5 heteroatoms. The molecule has 0 unspecified atom stereocenters. The molecule has 0 bridgehead atoms. The lowest BCUT2D eigenvalue weighted by molar-refractivity contribution is 1.38. The molecule has 2 aromatic carbocycles. The van der Waals surface area contributed by atoms with Gasteiger partial charge >= 0.3 is 0 Å². The number of aryl methyl sites for hydroxylation is 1. The summed E-state index contributed by atoms with van der Waals surface area (Å²) in [4.78, 5) is 16.3. The average Bonchev–Trinajstić information content (AvgIpc) is 2.74. The first-order valence-electron chi connectivity index (χ1n) is 6.05. The van der Waals surface area contributed by atoms with Crippen LogP contribution >= 0.6 is 23.1 Å². The van der Waals surface area contributed by atoms with Crippen molar-refractivity contribution in [2.24, 2.45) is 4.99 Å². The summed E-state index contributed by atoms with van der Waals surface area (Å²) in [5, 5.41) is 1.41. The minimum Gasteiger partial charge on any atom is -0.276 e. The molecule has 0 aliphatic heterocycles. The highest BCUT2D eigenvalue weighted by atomic mass is 35.5. The monoisotopic (exact) mass is 302 g/mol. The zero-order valence-electron chi connectivity index (χ0n) is 10.7. The van der Waals surface area contributed by atoms with Crippen molar-refractivity contribution >= 4 is 46.1 Å². The Bertz CT molecular complexity index is 846. The van der Waals surface area contributed by atoms with Crippen molar-refractivity contribution in [3.8, 4) is 0 Å². The number of halogens is 1. The second-order valence-electron chi connectivity index (χ2n) is 4.45. The van der Waals surface area contributed by atoms with E-state index in [1.54, 1.807) is 22.4 Å². The minimum absolute atomic E-state index is 0.0475. The van der Waals surface area contributed by atoms with Gasteiger partial charge in [-0.25, -0.2) is 4.99 Å². The van der Waals surface area contributed by atoms with Gasteiger partial charge in [-0.05, 0) is 54.9 Å². The van der Waals surface area contributed by atoms with Crippen molar-refractivity contribution < 1.29 is 0 Å². The zero-order valence-corrected chi connectivity index (χ0v) is 12.3. The summed E-state index contributed by atoms with van der Waals surface area (Å²) in [6, 6.07) is 13.1. The Morgan fingerprint density at radius 3 is 2.70 bits per heavy atom. The Morgan fingerprint density at radius 1 is 1.20 bits per heavy atom. The molecule has 0 saturated heterocycles. The molecular weight excluding hydrogens is 292 g/mol. The van der Waals surface area contributed by atoms with Gasteiger partial charge in [-0.15, -0.1) is 0 Å². The fourth-order valence-electron chi connectivity index (χ4n) is 1.93. The highest BCUT2D eigenvalue weighted by Gasteiger charge is 2.05. The number of rotatable bonds is 2. The van der Waals surface area contributed by atoms with Crippen LogP contribution in [0.4, 0.5) is 5.69 Å². The van der Waals surface area contributed by atoms with Crippen LogP contribution in [0.25, 0.3) is 10.9 Å². The number of hydrogen-bond acceptors (Lipinski definition) is 3. The Kier molecular flexibility index (Phi) is 3.42. The Balaban J connectivity index is 2.03. The summed E-state index contributed by atoms with van der Waals surface area (Å²) in [5.74, 6) is 0. The lowest BCUT2D eigenvalue weighted by Gasteiger charge is -1.97. The Labute approximate surface area is 124 Å². The maximum Gasteiger partial charge on any atom is 0.257 e. The molecule has 3 aromatic rings. The molecule has 1 aromatic heterocycles. The van der Waals surface area contributed by atoms with E-state index in [2.05, 4.69) is 4.99 Å². The molecule has 0 saturated carbocycles. The number of nitrogens with zero attached hydrogens (tertiary/aromatic N) is 2. The van der Waals surface area contributed by atoms with Gasteiger partial charge < -0.3 is 0 Å². The quantitative estimate of drug-likeness (QED) is 0.515. The summed E-state index contributed by atoms with van der Waals surface area (Å²) in [6.45, 7) is 1.97. The van der Waals surface area contributed by atoms with E-state index in [1.165, 1.54) is 0 Å². The van der Waals surface area contributed by atoms with Crippen molar-refractivity contribution in [1.29, 1.82) is 0 Å². The molecule has 0 aliphatic rings. The largest absolute Gasteiger partial charge is 0.276 e. The van der Waals surface area contributed by atoms with Crippen LogP contribution in [0.1, 0.15) is 5.56 Å². The van der Waals surface area contributed by atoms with Crippen molar-refractivity contribution in [2.45, 2.75) is 6.92 Å². The molecule has 1 heterocycles. The van der Waals surface area contributed by atoms with Crippen LogP contribution in [0.15, 0.2) is 52.3 Å². The number of aromatic nitrogens is 1. The molecule has 0 spiro atoms. The molecule has 20 heavy (non-hydrogen) atoms. The lowest BCUT2D eigenvalue weighted by Crippen LogP contribution is -1.89. The highest BCUT2D eigenvalue weighted by Crippen LogP contribution is 2.18. The van der Waals surface area contributed by atoms with E-state index >= 15 is 0 Å². The van der Waals surface area contributed by atoms with Crippen molar-refractivity contribution in [3.05, 3.63) is 62.6 Å². The van der Waals surface area contributed by atoms with E-state index in [0.29, 0.717) is 5.02 Å². The number of benzene rings is 2. The van der Waals surface area contributed by atoms with Crippen LogP contribution in [0.2, 0.25) is 5.02 Å². The van der Waals surface area contributed by atoms with Crippen molar-refractivity contribution in [3.63, 3.8) is 0 Å². The van der Waals surface area contributed by atoms with Gasteiger partial charge in [0.2, 0.25) is 0 Å². The first kappa shape index (κ1) is 13.1. The molecule has 0 radical (unpaired) electrons. The van der Waals surface area contributed by atoms with Gasteiger partial charge in [0.05, 0.1) is 16.6 Å². The Morgan fingerprint density at radius 2 is 1.95 bits per heavy atom. The van der Waals surface area contributed by atoms with Gasteiger partial charge in [0.1, 0.15) is 6.34 Å². The smallest absolute Gasteiger partial charge is 0.257 e. The molecule has 3 rings (SSSR count). The number of aliphatic imine (C=N–C) groups is 1. The third-order valence-electron chi connectivity index (χ3n) is 2.93. The van der Waals surface area contributed by atoms with E-state index < -0.39 is 0 Å². The summed E-state index contributed by atoms with van der Waals surface area (Å²) < 4.78 is 1.83. The normalized spacial score (nSPS) is 11.5. The fourth-order valence-corrected chi connectivity index (χ4v) is 2.84. The third-order valence-corrected chi connectivity index (χ3v) is 4.05. The molecule has 0 N–H and O–H groups in total. The van der Waals surface area contributed by atoms with Crippen LogP contribution in [-0.4, -0.2) is 10.3 Å². The van der Waals surface area contributed by atoms with Crippen molar-refractivity contribution in [2.75, 3.05) is 0 Å². The fraction of sp³-hybridized carbons (Fsp3) is 0.0667. The van der Waals surface area contributed by atoms with Crippen molar-refractivity contribution in [1.82, 2.24) is 3.96 Å². The standard InChI is InChI=1S/C15H11ClN2OS/c1-10-2-7-14-13(8-10)15(19)20-18(14)9-17-12-5-3-11(16)4-6-12/h2-9H,1H3. The first-order chi connectivity index (χ1) is 9.63. The minimum atomic E-state index is 0.0475. The van der Waals surface area contributed by atoms with E-state index in [9.17, 15) is 4.79 Å². The van der Waals surface area contributed by atoms with E-state index in [1.807, 2.05) is 37.3 Å². The molecule has 0 amide bonds. The maximum absolute atomic E-state index is 11.9. The Hall–Kier alpha value is -1.91. The number of hydrogen-bond donors (Lipinski definition) is 0. The molecule has 3 nitrogen and oxygen atoms in total. The van der Waals surface area contributed by atoms with Gasteiger partial charge in [-0.1, -0.05) is 23.2 Å². The summed E-state index contributed by atoms with van der Waals surface area (Å²) in [7, 11) is 0. The second kappa shape index (κ2) is 5.23. The van der Waals surface area contributed by atoms with E-state index in [0.717, 1.165) is 33.7 Å². The van der Waals surface area contributed by atoms with Gasteiger partial charge in [0.25, 0.3) is 4.74 Å². The van der Waals surface area contributed by atoms with Crippen LogP contribution < -0.4 is 4.74 Å². The summed E-state index contributed by atoms with van der Waals surface area (Å²) in [6.07, 6.45) is 1.66. The van der Waals surface area contributed by atoms with Crippen LogP contribution in [0.3, 0.4) is 0 Å². The first-order valence-corrected chi connectivity index (χ1v) is 7.20. The second-order valence-corrected chi connectivity index (χ2v) is 5.83. The molecular formula is C15H11ClN2OS. The zero-order chi connectivity index (χ0) is 14.1. The average molecular weight is 303 g/mol. The number of fused-ring (bicyclic) bond motifs is 1.